The fraction of sp³-hybridized carbons (Fsp3) is 1.00. The standard InChI is InChI=1S/C20H40N2/c1-17(2)12-11-15(13-18(3,4)21-17)9-10-16-14-19(5,6)22-20(16,7)8/h15-16,21-22H,9-14H2,1-8H3. The Morgan fingerprint density at radius 1 is 0.727 bits per heavy atom. The van der Waals surface area contributed by atoms with Crippen LogP contribution >= 0.6 is 0 Å². The van der Waals surface area contributed by atoms with Crippen molar-refractivity contribution in [1.29, 1.82) is 0 Å². The monoisotopic (exact) mass is 308 g/mol. The second-order valence-corrected chi connectivity index (χ2v) is 10.7. The van der Waals surface area contributed by atoms with Crippen LogP contribution in [0.25, 0.3) is 0 Å². The van der Waals surface area contributed by atoms with Gasteiger partial charge >= 0.3 is 0 Å². The molecule has 2 nitrogen and oxygen atoms in total. The summed E-state index contributed by atoms with van der Waals surface area (Å²) in [5.74, 6) is 1.69. The van der Waals surface area contributed by atoms with Crippen LogP contribution in [-0.4, -0.2) is 22.2 Å². The van der Waals surface area contributed by atoms with Gasteiger partial charge in [-0.1, -0.05) is 6.42 Å². The van der Waals surface area contributed by atoms with Crippen molar-refractivity contribution in [2.75, 3.05) is 0 Å². The van der Waals surface area contributed by atoms with Gasteiger partial charge < -0.3 is 10.6 Å². The first-order valence-corrected chi connectivity index (χ1v) is 9.39. The third-order valence-electron chi connectivity index (χ3n) is 6.01. The predicted octanol–water partition coefficient (Wildman–Crippen LogP) is 4.88. The van der Waals surface area contributed by atoms with Crippen molar-refractivity contribution in [1.82, 2.24) is 10.6 Å². The average molecular weight is 309 g/mol. The van der Waals surface area contributed by atoms with E-state index in [0.717, 1.165) is 11.8 Å². The van der Waals surface area contributed by atoms with E-state index >= 15 is 0 Å². The van der Waals surface area contributed by atoms with E-state index in [1.165, 1.54) is 38.5 Å². The summed E-state index contributed by atoms with van der Waals surface area (Å²) >= 11 is 0. The molecule has 0 aromatic heterocycles. The van der Waals surface area contributed by atoms with Crippen LogP contribution in [-0.2, 0) is 0 Å². The molecule has 0 amide bonds. The fourth-order valence-corrected chi connectivity index (χ4v) is 5.46. The van der Waals surface area contributed by atoms with Gasteiger partial charge in [0.15, 0.2) is 0 Å². The summed E-state index contributed by atoms with van der Waals surface area (Å²) in [4.78, 5) is 0. The van der Waals surface area contributed by atoms with Crippen molar-refractivity contribution in [3.63, 3.8) is 0 Å². The molecule has 2 N–H and O–H groups in total. The molecule has 2 heteroatoms. The Balaban J connectivity index is 1.94. The van der Waals surface area contributed by atoms with Gasteiger partial charge in [-0.2, -0.15) is 0 Å². The number of hydrogen-bond donors (Lipinski definition) is 2. The molecule has 2 rings (SSSR count). The summed E-state index contributed by atoms with van der Waals surface area (Å²) < 4.78 is 0. The first kappa shape index (κ1) is 18.3. The van der Waals surface area contributed by atoms with Gasteiger partial charge in [0.2, 0.25) is 0 Å². The lowest BCUT2D eigenvalue weighted by Gasteiger charge is -2.35. The first-order chi connectivity index (χ1) is 9.80. The van der Waals surface area contributed by atoms with Crippen molar-refractivity contribution < 1.29 is 0 Å². The highest BCUT2D eigenvalue weighted by atomic mass is 15.1. The van der Waals surface area contributed by atoms with Gasteiger partial charge in [0.05, 0.1) is 0 Å². The summed E-state index contributed by atoms with van der Waals surface area (Å²) in [5.41, 5.74) is 1.16. The van der Waals surface area contributed by atoms with Crippen LogP contribution in [0.15, 0.2) is 0 Å². The van der Waals surface area contributed by atoms with Crippen molar-refractivity contribution in [3.8, 4) is 0 Å². The zero-order valence-corrected chi connectivity index (χ0v) is 16.4. The van der Waals surface area contributed by atoms with E-state index in [0.29, 0.717) is 11.1 Å². The highest BCUT2D eigenvalue weighted by Gasteiger charge is 2.44. The molecule has 0 spiro atoms. The van der Waals surface area contributed by atoms with Gasteiger partial charge in [0.25, 0.3) is 0 Å². The summed E-state index contributed by atoms with van der Waals surface area (Å²) in [6.07, 6.45) is 8.10. The molecule has 2 aliphatic heterocycles. The maximum atomic E-state index is 3.87. The van der Waals surface area contributed by atoms with Gasteiger partial charge in [-0.05, 0) is 99.3 Å². The van der Waals surface area contributed by atoms with Gasteiger partial charge in [0.1, 0.15) is 0 Å². The average Bonchev–Trinajstić information content (AvgIpc) is 2.40. The normalized spacial score (nSPS) is 36.0. The minimum atomic E-state index is 0.271. The molecule has 2 unspecified atom stereocenters. The van der Waals surface area contributed by atoms with E-state index in [4.69, 9.17) is 0 Å². The van der Waals surface area contributed by atoms with Crippen LogP contribution in [0.5, 0.6) is 0 Å². The smallest absolute Gasteiger partial charge is 0.0158 e. The molecular weight excluding hydrogens is 268 g/mol. The van der Waals surface area contributed by atoms with E-state index in [-0.39, 0.29) is 11.1 Å². The molecule has 2 aliphatic rings. The number of hydrogen-bond acceptors (Lipinski definition) is 2. The molecule has 0 aromatic carbocycles. The van der Waals surface area contributed by atoms with E-state index < -0.39 is 0 Å². The van der Waals surface area contributed by atoms with Crippen molar-refractivity contribution in [2.45, 2.75) is 116 Å². The van der Waals surface area contributed by atoms with Crippen LogP contribution < -0.4 is 10.6 Å². The Kier molecular flexibility index (Phi) is 4.79. The summed E-state index contributed by atoms with van der Waals surface area (Å²) in [7, 11) is 0. The Morgan fingerprint density at radius 2 is 1.32 bits per heavy atom. The quantitative estimate of drug-likeness (QED) is 0.776. The van der Waals surface area contributed by atoms with Crippen LogP contribution in [0.4, 0.5) is 0 Å². The SMILES string of the molecule is CC1(C)CCC(CCC2CC(C)(C)NC2(C)C)CC(C)(C)N1. The molecule has 0 aliphatic carbocycles. The topological polar surface area (TPSA) is 24.1 Å². The summed E-state index contributed by atoms with van der Waals surface area (Å²) in [6.45, 7) is 19.0. The van der Waals surface area contributed by atoms with Crippen LogP contribution in [0.2, 0.25) is 0 Å². The molecule has 130 valence electrons. The Morgan fingerprint density at radius 3 is 1.86 bits per heavy atom. The second-order valence-electron chi connectivity index (χ2n) is 10.7. The predicted molar refractivity (Wildman–Crippen MR) is 97.3 cm³/mol. The van der Waals surface area contributed by atoms with E-state index in [2.05, 4.69) is 66.0 Å². The third-order valence-corrected chi connectivity index (χ3v) is 6.01. The van der Waals surface area contributed by atoms with Gasteiger partial charge in [-0.3, -0.25) is 0 Å². The van der Waals surface area contributed by atoms with Gasteiger partial charge in [-0.25, -0.2) is 0 Å². The minimum Gasteiger partial charge on any atom is -0.307 e. The van der Waals surface area contributed by atoms with E-state index in [1.807, 2.05) is 0 Å². The van der Waals surface area contributed by atoms with Crippen molar-refractivity contribution in [2.24, 2.45) is 11.8 Å². The molecular formula is C20H40N2. The lowest BCUT2D eigenvalue weighted by Crippen LogP contribution is -2.50. The Labute approximate surface area is 139 Å². The summed E-state index contributed by atoms with van der Waals surface area (Å²) in [5, 5.41) is 7.71. The maximum absolute atomic E-state index is 3.87. The number of nitrogens with one attached hydrogen (secondary N) is 2. The maximum Gasteiger partial charge on any atom is 0.0158 e. The zero-order valence-electron chi connectivity index (χ0n) is 16.4. The molecule has 2 heterocycles. The van der Waals surface area contributed by atoms with E-state index in [9.17, 15) is 0 Å². The first-order valence-electron chi connectivity index (χ1n) is 9.39. The van der Waals surface area contributed by atoms with Gasteiger partial charge in [0, 0.05) is 22.2 Å². The van der Waals surface area contributed by atoms with Crippen molar-refractivity contribution >= 4 is 0 Å². The molecule has 0 aromatic rings. The lowest BCUT2D eigenvalue weighted by molar-refractivity contribution is 0.246. The highest BCUT2D eigenvalue weighted by Crippen LogP contribution is 2.41. The Hall–Kier alpha value is -0.0800. The lowest BCUT2D eigenvalue weighted by atomic mass is 9.79. The zero-order chi connectivity index (χ0) is 16.8. The van der Waals surface area contributed by atoms with Crippen LogP contribution in [0.1, 0.15) is 93.9 Å². The third kappa shape index (κ3) is 4.71. The Bertz CT molecular complexity index is 393. The van der Waals surface area contributed by atoms with Crippen LogP contribution in [0.3, 0.4) is 0 Å². The highest BCUT2D eigenvalue weighted by molar-refractivity contribution is 5.03. The van der Waals surface area contributed by atoms with Crippen molar-refractivity contribution in [3.05, 3.63) is 0 Å². The largest absolute Gasteiger partial charge is 0.307 e. The molecule has 2 atom stereocenters. The minimum absolute atomic E-state index is 0.271. The molecule has 2 fully saturated rings. The fourth-order valence-electron chi connectivity index (χ4n) is 5.46. The van der Waals surface area contributed by atoms with Gasteiger partial charge in [-0.15, -0.1) is 0 Å². The molecule has 2 saturated heterocycles. The van der Waals surface area contributed by atoms with E-state index in [1.54, 1.807) is 0 Å². The molecule has 0 bridgehead atoms. The molecule has 0 saturated carbocycles. The van der Waals surface area contributed by atoms with Crippen LogP contribution in [0, 0.1) is 11.8 Å². The second kappa shape index (κ2) is 5.77. The molecule has 22 heavy (non-hydrogen) atoms. The number of rotatable bonds is 3. The molecule has 0 radical (unpaired) electrons. The summed E-state index contributed by atoms with van der Waals surface area (Å²) in [6, 6.07) is 0.